The molecule has 1 aliphatic rings. The van der Waals surface area contributed by atoms with Crippen LogP contribution in [0.15, 0.2) is 67.1 Å². The fourth-order valence-electron chi connectivity index (χ4n) is 4.73. The van der Waals surface area contributed by atoms with Crippen molar-refractivity contribution in [3.63, 3.8) is 0 Å². The molecule has 4 N–H and O–H groups in total. The summed E-state index contributed by atoms with van der Waals surface area (Å²) in [6.45, 7) is 3.01. The van der Waals surface area contributed by atoms with E-state index >= 15 is 0 Å². The summed E-state index contributed by atoms with van der Waals surface area (Å²) in [6.07, 6.45) is 4.58. The number of amides is 2. The average molecular weight is 509 g/mol. The van der Waals surface area contributed by atoms with Gasteiger partial charge >= 0.3 is 0 Å². The van der Waals surface area contributed by atoms with Gasteiger partial charge in [-0.15, -0.1) is 0 Å². The molecule has 8 nitrogen and oxygen atoms in total. The molecule has 0 atom stereocenters. The second-order valence-electron chi connectivity index (χ2n) is 9.29. The molecule has 0 radical (unpaired) electrons. The quantitative estimate of drug-likeness (QED) is 0.314. The second-order valence-corrected chi connectivity index (χ2v) is 9.29. The monoisotopic (exact) mass is 508 g/mol. The Morgan fingerprint density at radius 2 is 1.79 bits per heavy atom. The number of halogens is 1. The Balaban J connectivity index is 1.63. The molecule has 0 aliphatic heterocycles. The molecule has 1 aliphatic carbocycles. The van der Waals surface area contributed by atoms with Crippen LogP contribution in [-0.4, -0.2) is 27.4 Å². The van der Waals surface area contributed by atoms with E-state index in [-0.39, 0.29) is 17.8 Å². The van der Waals surface area contributed by atoms with E-state index in [4.69, 9.17) is 5.73 Å². The average Bonchev–Trinajstić information content (AvgIpc) is 3.20. The molecule has 2 aromatic carbocycles. The molecule has 4 aromatic rings. The summed E-state index contributed by atoms with van der Waals surface area (Å²) in [7, 11) is 1.84. The number of carbonyl (C=O) groups is 2. The zero-order chi connectivity index (χ0) is 27.0. The van der Waals surface area contributed by atoms with Gasteiger partial charge in [0.25, 0.3) is 11.8 Å². The molecule has 0 saturated heterocycles. The zero-order valence-corrected chi connectivity index (χ0v) is 20.7. The summed E-state index contributed by atoms with van der Waals surface area (Å²) >= 11 is 0. The van der Waals surface area contributed by atoms with Crippen molar-refractivity contribution in [2.45, 2.75) is 25.3 Å². The summed E-state index contributed by atoms with van der Waals surface area (Å²) in [5.74, 6) is -1.84. The van der Waals surface area contributed by atoms with Crippen molar-refractivity contribution in [2.24, 2.45) is 7.05 Å². The molecule has 0 spiro atoms. The summed E-state index contributed by atoms with van der Waals surface area (Å²) in [6, 6.07) is 16.5. The van der Waals surface area contributed by atoms with Crippen LogP contribution in [0.2, 0.25) is 0 Å². The van der Waals surface area contributed by atoms with Gasteiger partial charge in [0.15, 0.2) is 5.83 Å². The highest BCUT2D eigenvalue weighted by Gasteiger charge is 2.24. The van der Waals surface area contributed by atoms with Gasteiger partial charge in [-0.05, 0) is 54.7 Å². The van der Waals surface area contributed by atoms with Gasteiger partial charge in [-0.2, -0.15) is 5.26 Å². The Bertz CT molecular complexity index is 1630. The first kappa shape index (κ1) is 24.7. The molecule has 1 fully saturated rings. The van der Waals surface area contributed by atoms with Gasteiger partial charge in [-0.3, -0.25) is 9.59 Å². The number of carbonyl (C=O) groups excluding carboxylic acids is 2. The van der Waals surface area contributed by atoms with Gasteiger partial charge in [-0.1, -0.05) is 30.8 Å². The van der Waals surface area contributed by atoms with Crippen LogP contribution in [0.1, 0.15) is 35.2 Å². The van der Waals surface area contributed by atoms with Crippen molar-refractivity contribution in [3.05, 3.63) is 78.3 Å². The highest BCUT2D eigenvalue weighted by atomic mass is 19.1. The summed E-state index contributed by atoms with van der Waals surface area (Å²) in [5.41, 5.74) is 11.4. The molecular formula is C29H25FN6O2. The molecule has 190 valence electrons. The van der Waals surface area contributed by atoms with Crippen LogP contribution < -0.4 is 16.4 Å². The highest BCUT2D eigenvalue weighted by Crippen LogP contribution is 2.43. The predicted octanol–water partition coefficient (Wildman–Crippen LogP) is 5.07. The number of hydrogen-bond acceptors (Lipinski definition) is 5. The van der Waals surface area contributed by atoms with Gasteiger partial charge in [-0.25, -0.2) is 9.37 Å². The summed E-state index contributed by atoms with van der Waals surface area (Å²) in [4.78, 5) is 28.6. The molecule has 2 amide bonds. The number of benzene rings is 2. The van der Waals surface area contributed by atoms with Gasteiger partial charge in [0.2, 0.25) is 0 Å². The Kier molecular flexibility index (Phi) is 6.39. The van der Waals surface area contributed by atoms with Crippen LogP contribution in [0, 0.1) is 11.3 Å². The maximum Gasteiger partial charge on any atom is 0.283 e. The fraction of sp³-hybridized carbons (Fsp3) is 0.172. The Morgan fingerprint density at radius 3 is 2.37 bits per heavy atom. The van der Waals surface area contributed by atoms with Crippen LogP contribution in [-0.2, 0) is 11.8 Å². The fourth-order valence-corrected chi connectivity index (χ4v) is 4.73. The van der Waals surface area contributed by atoms with Gasteiger partial charge in [0.05, 0.1) is 22.2 Å². The van der Waals surface area contributed by atoms with Crippen LogP contribution in [0.25, 0.3) is 33.3 Å². The van der Waals surface area contributed by atoms with Crippen molar-refractivity contribution < 1.29 is 14.0 Å². The maximum atomic E-state index is 13.1. The van der Waals surface area contributed by atoms with Gasteiger partial charge in [0.1, 0.15) is 11.9 Å². The SMILES string of the molecule is C=C(F)C(=O)Nc1ccc(-c2c(-c3ccc(C(=O)NC4CCC4)cc3)c3c(N)ncc(C#N)c3n2C)cc1. The molecule has 9 heteroatoms. The Hall–Kier alpha value is -4.97. The van der Waals surface area contributed by atoms with E-state index in [0.29, 0.717) is 27.7 Å². The minimum atomic E-state index is -1.08. The minimum absolute atomic E-state index is 0.110. The number of hydrogen-bond donors (Lipinski definition) is 3. The number of nitriles is 1. The molecule has 38 heavy (non-hydrogen) atoms. The highest BCUT2D eigenvalue weighted by molar-refractivity contribution is 6.11. The molecule has 1 saturated carbocycles. The number of nitrogens with zero attached hydrogens (tertiary/aromatic N) is 3. The lowest BCUT2D eigenvalue weighted by atomic mass is 9.92. The predicted molar refractivity (Wildman–Crippen MR) is 145 cm³/mol. The van der Waals surface area contributed by atoms with E-state index in [2.05, 4.69) is 28.3 Å². The van der Waals surface area contributed by atoms with Crippen molar-refractivity contribution in [2.75, 3.05) is 11.1 Å². The molecule has 5 rings (SSSR count). The van der Waals surface area contributed by atoms with Crippen LogP contribution in [0.4, 0.5) is 15.9 Å². The standard InChI is InChI=1S/C29H25FN6O2/c1-16(30)28(37)34-22-12-10-18(11-13-22)25-23(24-26(36(25)2)20(14-31)15-33-27(24)32)17-6-8-19(9-7-17)29(38)35-21-4-3-5-21/h6-13,15,21H,1,3-5H2,2H3,(H2,32,33)(H,34,37)(H,35,38). The van der Waals surface area contributed by atoms with Crippen molar-refractivity contribution in [1.82, 2.24) is 14.9 Å². The number of fused-ring (bicyclic) bond motifs is 1. The van der Waals surface area contributed by atoms with E-state index in [1.165, 1.54) is 6.20 Å². The third-order valence-corrected chi connectivity index (χ3v) is 6.90. The molecule has 2 heterocycles. The van der Waals surface area contributed by atoms with E-state index in [0.717, 1.165) is 41.6 Å². The normalized spacial score (nSPS) is 13.0. The Morgan fingerprint density at radius 1 is 1.13 bits per heavy atom. The summed E-state index contributed by atoms with van der Waals surface area (Å²) < 4.78 is 15.0. The first-order valence-electron chi connectivity index (χ1n) is 12.1. The third-order valence-electron chi connectivity index (χ3n) is 6.90. The number of aryl methyl sites for hydroxylation is 1. The molecule has 2 aromatic heterocycles. The van der Waals surface area contributed by atoms with E-state index in [1.54, 1.807) is 36.4 Å². The number of rotatable bonds is 6. The smallest absolute Gasteiger partial charge is 0.283 e. The number of nitrogens with one attached hydrogen (secondary N) is 2. The number of nitrogens with two attached hydrogens (primary N) is 1. The second kappa shape index (κ2) is 9.82. The lowest BCUT2D eigenvalue weighted by Crippen LogP contribution is -2.39. The maximum absolute atomic E-state index is 13.1. The first-order chi connectivity index (χ1) is 18.3. The largest absolute Gasteiger partial charge is 0.383 e. The van der Waals surface area contributed by atoms with Gasteiger partial charge < -0.3 is 20.9 Å². The van der Waals surface area contributed by atoms with Gasteiger partial charge in [0, 0.05) is 36.1 Å². The third kappa shape index (κ3) is 4.37. The molecule has 0 bridgehead atoms. The number of anilines is 2. The zero-order valence-electron chi connectivity index (χ0n) is 20.7. The number of pyridine rings is 1. The van der Waals surface area contributed by atoms with E-state index < -0.39 is 11.7 Å². The van der Waals surface area contributed by atoms with Crippen molar-refractivity contribution >= 4 is 34.2 Å². The molecule has 0 unspecified atom stereocenters. The van der Waals surface area contributed by atoms with Crippen LogP contribution in [0.3, 0.4) is 0 Å². The summed E-state index contributed by atoms with van der Waals surface area (Å²) in [5, 5.41) is 15.9. The van der Waals surface area contributed by atoms with Crippen molar-refractivity contribution in [3.8, 4) is 28.5 Å². The number of aromatic nitrogens is 2. The lowest BCUT2D eigenvalue weighted by molar-refractivity contribution is -0.114. The van der Waals surface area contributed by atoms with Crippen LogP contribution >= 0.6 is 0 Å². The molecular weight excluding hydrogens is 483 g/mol. The lowest BCUT2D eigenvalue weighted by Gasteiger charge is -2.26. The van der Waals surface area contributed by atoms with Crippen LogP contribution in [0.5, 0.6) is 0 Å². The number of nitrogen functional groups attached to an aromatic ring is 1. The first-order valence-corrected chi connectivity index (χ1v) is 12.1. The topological polar surface area (TPSA) is 126 Å². The van der Waals surface area contributed by atoms with Crippen molar-refractivity contribution in [1.29, 1.82) is 5.26 Å². The Labute approximate surface area is 218 Å². The van der Waals surface area contributed by atoms with E-state index in [9.17, 15) is 19.2 Å². The minimum Gasteiger partial charge on any atom is -0.383 e. The van der Waals surface area contributed by atoms with E-state index in [1.807, 2.05) is 23.7 Å².